The van der Waals surface area contributed by atoms with Gasteiger partial charge in [0.2, 0.25) is 0 Å². The van der Waals surface area contributed by atoms with Gasteiger partial charge in [0, 0.05) is 19.3 Å². The molecular weight excluding hydrogens is 997 g/mol. The maximum atomic E-state index is 12.9. The number of allylic oxidation sites excluding steroid dienone is 28. The molecule has 0 amide bonds. The first kappa shape index (κ1) is 75.8. The van der Waals surface area contributed by atoms with E-state index in [0.29, 0.717) is 19.3 Å². The Morgan fingerprint density at radius 3 is 0.765 bits per heavy atom. The average molecular weight is 1120 g/mol. The molecule has 6 heteroatoms. The molecule has 0 aromatic rings. The van der Waals surface area contributed by atoms with Crippen LogP contribution in [0.4, 0.5) is 0 Å². The Bertz CT molecular complexity index is 1860. The van der Waals surface area contributed by atoms with Crippen molar-refractivity contribution < 1.29 is 28.6 Å². The molecular formula is C75H118O6. The molecule has 81 heavy (non-hydrogen) atoms. The van der Waals surface area contributed by atoms with Crippen molar-refractivity contribution in [2.75, 3.05) is 13.2 Å². The topological polar surface area (TPSA) is 78.9 Å². The molecule has 0 N–H and O–H groups in total. The Kier molecular flexibility index (Phi) is 62.9. The normalized spacial score (nSPS) is 13.3. The van der Waals surface area contributed by atoms with Gasteiger partial charge in [-0.1, -0.05) is 268 Å². The van der Waals surface area contributed by atoms with Crippen LogP contribution in [0, 0.1) is 0 Å². The first-order chi connectivity index (χ1) is 40.0. The minimum atomic E-state index is -0.812. The van der Waals surface area contributed by atoms with Gasteiger partial charge in [-0.25, -0.2) is 0 Å². The summed E-state index contributed by atoms with van der Waals surface area (Å²) in [6.07, 6.45) is 99.3. The molecule has 454 valence electrons. The lowest BCUT2D eigenvalue weighted by atomic mass is 10.1. The second kappa shape index (κ2) is 67.3. The standard InChI is InChI=1S/C75H118O6/c1-4-7-10-13-16-19-22-25-27-29-31-33-35-37-39-41-43-45-47-50-53-56-59-62-65-68-74(77)80-71-72(70-79-73(76)67-64-61-58-55-52-49-24-21-18-15-12-9-6-3)81-75(78)69-66-63-60-57-54-51-48-46-44-42-40-38-36-34-32-30-28-26-23-20-17-14-11-8-5-2/h7-8,10-12,15-17,19-21,24-28,31-34,37-40,43,45,50,53,72H,4-6,9,13-14,18,22-23,29-30,35-36,41-42,44,46-49,51-52,54-71H2,1-3H3/b10-7-,11-8-,15-12-,19-16-,20-17-,24-21-,27-25-,28-26-,33-31-,34-32-,39-37-,40-38-,45-43-,53-50-. The van der Waals surface area contributed by atoms with Gasteiger partial charge in [0.25, 0.3) is 0 Å². The van der Waals surface area contributed by atoms with Crippen LogP contribution in [-0.2, 0) is 28.6 Å². The second-order valence-corrected chi connectivity index (χ2v) is 20.9. The van der Waals surface area contributed by atoms with Crippen molar-refractivity contribution in [3.05, 3.63) is 170 Å². The summed E-state index contributed by atoms with van der Waals surface area (Å²) in [5, 5.41) is 0. The first-order valence-corrected chi connectivity index (χ1v) is 32.6. The van der Waals surface area contributed by atoms with E-state index in [4.69, 9.17) is 14.2 Å². The Morgan fingerprint density at radius 1 is 0.259 bits per heavy atom. The quantitative estimate of drug-likeness (QED) is 0.0261. The SMILES string of the molecule is CC/C=C\C/C=C\C/C=C\C/C=C\C/C=C\C/C=C\C/C=C\CCCCCC(=O)OCC(COC(=O)CCCCCCC/C=C\C/C=C\CCC)OC(=O)CCCCCCCCCCC/C=C\C/C=C\C/C=C\C/C=C\C/C=C\CC. The fourth-order valence-corrected chi connectivity index (χ4v) is 8.37. The van der Waals surface area contributed by atoms with E-state index in [-0.39, 0.29) is 31.1 Å². The largest absolute Gasteiger partial charge is 0.462 e. The molecule has 0 saturated carbocycles. The van der Waals surface area contributed by atoms with Crippen LogP contribution < -0.4 is 0 Å². The molecule has 0 aromatic heterocycles. The van der Waals surface area contributed by atoms with Gasteiger partial charge in [-0.3, -0.25) is 14.4 Å². The van der Waals surface area contributed by atoms with Gasteiger partial charge in [0.1, 0.15) is 13.2 Å². The van der Waals surface area contributed by atoms with Gasteiger partial charge in [-0.2, -0.15) is 0 Å². The monoisotopic (exact) mass is 1110 g/mol. The molecule has 1 unspecified atom stereocenters. The molecule has 0 spiro atoms. The predicted molar refractivity (Wildman–Crippen MR) is 352 cm³/mol. The third kappa shape index (κ3) is 65.5. The zero-order valence-electron chi connectivity index (χ0n) is 52.0. The number of carbonyl (C=O) groups is 3. The fourth-order valence-electron chi connectivity index (χ4n) is 8.37. The molecule has 6 nitrogen and oxygen atoms in total. The molecule has 0 saturated heterocycles. The van der Waals surface area contributed by atoms with Crippen LogP contribution in [0.2, 0.25) is 0 Å². The van der Waals surface area contributed by atoms with E-state index >= 15 is 0 Å². The van der Waals surface area contributed by atoms with Crippen molar-refractivity contribution in [3.63, 3.8) is 0 Å². The van der Waals surface area contributed by atoms with Crippen molar-refractivity contribution in [2.45, 2.75) is 271 Å². The number of rotatable bonds is 57. The summed E-state index contributed by atoms with van der Waals surface area (Å²) in [5.74, 6) is -0.963. The zero-order valence-corrected chi connectivity index (χ0v) is 52.0. The molecule has 0 aliphatic heterocycles. The van der Waals surface area contributed by atoms with Crippen LogP contribution in [0.3, 0.4) is 0 Å². The number of esters is 3. The van der Waals surface area contributed by atoms with E-state index in [1.54, 1.807) is 0 Å². The van der Waals surface area contributed by atoms with Gasteiger partial charge in [0.15, 0.2) is 6.10 Å². The van der Waals surface area contributed by atoms with Crippen LogP contribution in [-0.4, -0.2) is 37.2 Å². The highest BCUT2D eigenvalue weighted by molar-refractivity contribution is 5.71. The number of ether oxygens (including phenoxy) is 3. The number of carbonyl (C=O) groups excluding carboxylic acids is 3. The molecule has 0 bridgehead atoms. The Morgan fingerprint density at radius 2 is 0.481 bits per heavy atom. The summed E-state index contributed by atoms with van der Waals surface area (Å²) in [6.45, 7) is 6.30. The van der Waals surface area contributed by atoms with Crippen LogP contribution in [0.5, 0.6) is 0 Å². The van der Waals surface area contributed by atoms with Gasteiger partial charge in [-0.15, -0.1) is 0 Å². The smallest absolute Gasteiger partial charge is 0.306 e. The van der Waals surface area contributed by atoms with E-state index in [1.165, 1.54) is 44.9 Å². The van der Waals surface area contributed by atoms with E-state index in [2.05, 4.69) is 191 Å². The summed E-state index contributed by atoms with van der Waals surface area (Å²) in [6, 6.07) is 0. The molecule has 1 atom stereocenters. The van der Waals surface area contributed by atoms with E-state index in [1.807, 2.05) is 0 Å². The Labute approximate surface area is 498 Å². The van der Waals surface area contributed by atoms with E-state index in [0.717, 1.165) is 180 Å². The van der Waals surface area contributed by atoms with Gasteiger partial charge < -0.3 is 14.2 Å². The summed E-state index contributed by atoms with van der Waals surface area (Å²) in [4.78, 5) is 38.3. The summed E-state index contributed by atoms with van der Waals surface area (Å²) < 4.78 is 16.9. The van der Waals surface area contributed by atoms with Crippen molar-refractivity contribution in [2.24, 2.45) is 0 Å². The molecule has 0 aromatic carbocycles. The van der Waals surface area contributed by atoms with Crippen molar-refractivity contribution in [3.8, 4) is 0 Å². The molecule has 0 rings (SSSR count). The van der Waals surface area contributed by atoms with Gasteiger partial charge >= 0.3 is 17.9 Å². The van der Waals surface area contributed by atoms with Crippen molar-refractivity contribution >= 4 is 17.9 Å². The number of hydrogen-bond donors (Lipinski definition) is 0. The average Bonchev–Trinajstić information content (AvgIpc) is 3.46. The van der Waals surface area contributed by atoms with Crippen LogP contribution in [0.15, 0.2) is 170 Å². The lowest BCUT2D eigenvalue weighted by molar-refractivity contribution is -0.167. The molecule has 0 fully saturated rings. The third-order valence-electron chi connectivity index (χ3n) is 13.2. The van der Waals surface area contributed by atoms with Crippen molar-refractivity contribution in [1.29, 1.82) is 0 Å². The zero-order chi connectivity index (χ0) is 58.5. The predicted octanol–water partition coefficient (Wildman–Crippen LogP) is 22.7. The second-order valence-electron chi connectivity index (χ2n) is 20.9. The van der Waals surface area contributed by atoms with Crippen LogP contribution >= 0.6 is 0 Å². The number of unbranched alkanes of at least 4 members (excludes halogenated alkanes) is 18. The molecule has 0 heterocycles. The van der Waals surface area contributed by atoms with Gasteiger partial charge in [-0.05, 0) is 148 Å². The minimum absolute atomic E-state index is 0.106. The molecule has 0 aliphatic rings. The maximum absolute atomic E-state index is 12.9. The highest BCUT2D eigenvalue weighted by Crippen LogP contribution is 2.14. The lowest BCUT2D eigenvalue weighted by Crippen LogP contribution is -2.30. The fraction of sp³-hybridized carbons (Fsp3) is 0.587. The van der Waals surface area contributed by atoms with Gasteiger partial charge in [0.05, 0.1) is 0 Å². The highest BCUT2D eigenvalue weighted by Gasteiger charge is 2.19. The highest BCUT2D eigenvalue weighted by atomic mass is 16.6. The minimum Gasteiger partial charge on any atom is -0.462 e. The number of hydrogen-bond acceptors (Lipinski definition) is 6. The van der Waals surface area contributed by atoms with Crippen LogP contribution in [0.1, 0.15) is 265 Å². The Balaban J connectivity index is 4.45. The lowest BCUT2D eigenvalue weighted by Gasteiger charge is -2.18. The van der Waals surface area contributed by atoms with Crippen LogP contribution in [0.25, 0.3) is 0 Å². The first-order valence-electron chi connectivity index (χ1n) is 32.6. The molecule has 0 aliphatic carbocycles. The van der Waals surface area contributed by atoms with E-state index < -0.39 is 6.10 Å². The van der Waals surface area contributed by atoms with E-state index in [9.17, 15) is 14.4 Å². The molecule has 0 radical (unpaired) electrons. The summed E-state index contributed by atoms with van der Waals surface area (Å²) >= 11 is 0. The maximum Gasteiger partial charge on any atom is 0.306 e. The summed E-state index contributed by atoms with van der Waals surface area (Å²) in [5.41, 5.74) is 0. The third-order valence-corrected chi connectivity index (χ3v) is 13.2. The van der Waals surface area contributed by atoms with Crippen molar-refractivity contribution in [1.82, 2.24) is 0 Å². The summed E-state index contributed by atoms with van der Waals surface area (Å²) in [7, 11) is 0. The Hall–Kier alpha value is -5.23.